The van der Waals surface area contributed by atoms with E-state index in [1.54, 1.807) is 0 Å². The van der Waals surface area contributed by atoms with E-state index in [1.807, 2.05) is 0 Å². The molecule has 2 aliphatic rings. The van der Waals surface area contributed by atoms with Gasteiger partial charge in [0.2, 0.25) is 0 Å². The monoisotopic (exact) mass is 291 g/mol. The van der Waals surface area contributed by atoms with Crippen LogP contribution in [0.2, 0.25) is 0 Å². The lowest BCUT2D eigenvalue weighted by atomic mass is 9.84. The van der Waals surface area contributed by atoms with Gasteiger partial charge in [-0.2, -0.15) is 0 Å². The first-order chi connectivity index (χ1) is 10.1. The van der Waals surface area contributed by atoms with Gasteiger partial charge in [-0.05, 0) is 49.4 Å². The van der Waals surface area contributed by atoms with Crippen molar-refractivity contribution in [3.63, 3.8) is 0 Å². The summed E-state index contributed by atoms with van der Waals surface area (Å²) in [5.41, 5.74) is 0.355. The molecule has 5 heteroatoms. The molecule has 1 aromatic carbocycles. The molecule has 0 unspecified atom stereocenters. The van der Waals surface area contributed by atoms with Gasteiger partial charge in [0.1, 0.15) is 11.9 Å². The number of likely N-dealkylation sites (tertiary alicyclic amines) is 1. The Morgan fingerprint density at radius 1 is 1.14 bits per heavy atom. The number of halogens is 1. The van der Waals surface area contributed by atoms with Crippen molar-refractivity contribution in [2.45, 2.75) is 44.2 Å². The minimum Gasteiger partial charge on any atom is -0.480 e. The maximum atomic E-state index is 13.0. The number of aliphatic carboxylic acids is 1. The normalized spacial score (nSPS) is 28.2. The second-order valence-electron chi connectivity index (χ2n) is 5.92. The Bertz CT molecular complexity index is 557. The van der Waals surface area contributed by atoms with Crippen LogP contribution in [0, 0.1) is 11.7 Å². The summed E-state index contributed by atoms with van der Waals surface area (Å²) >= 11 is 0. The number of carboxylic acids is 1. The first-order valence-electron chi connectivity index (χ1n) is 7.39. The minimum absolute atomic E-state index is 0.0115. The van der Waals surface area contributed by atoms with Crippen LogP contribution < -0.4 is 0 Å². The van der Waals surface area contributed by atoms with Crippen LogP contribution in [0.3, 0.4) is 0 Å². The summed E-state index contributed by atoms with van der Waals surface area (Å²) in [6.07, 6.45) is 4.52. The lowest BCUT2D eigenvalue weighted by molar-refractivity contribution is -0.141. The van der Waals surface area contributed by atoms with E-state index in [0.717, 1.165) is 25.7 Å². The second-order valence-corrected chi connectivity index (χ2v) is 5.92. The van der Waals surface area contributed by atoms with E-state index >= 15 is 0 Å². The van der Waals surface area contributed by atoms with Gasteiger partial charge in [-0.15, -0.1) is 0 Å². The summed E-state index contributed by atoms with van der Waals surface area (Å²) in [6.45, 7) is 0. The Balaban J connectivity index is 1.90. The number of benzene rings is 1. The van der Waals surface area contributed by atoms with Crippen LogP contribution in [0.5, 0.6) is 0 Å². The molecule has 3 rings (SSSR count). The zero-order valence-electron chi connectivity index (χ0n) is 11.7. The second kappa shape index (κ2) is 5.47. The number of nitrogens with zero attached hydrogens (tertiary/aromatic N) is 1. The first-order valence-corrected chi connectivity index (χ1v) is 7.39. The number of amides is 1. The molecular weight excluding hydrogens is 273 g/mol. The lowest BCUT2D eigenvalue weighted by Gasteiger charge is -2.33. The van der Waals surface area contributed by atoms with Crippen molar-refractivity contribution in [2.24, 2.45) is 5.92 Å². The minimum atomic E-state index is -0.945. The Kier molecular flexibility index (Phi) is 3.66. The zero-order valence-corrected chi connectivity index (χ0v) is 11.7. The third kappa shape index (κ3) is 2.52. The van der Waals surface area contributed by atoms with E-state index in [0.29, 0.717) is 12.0 Å². The van der Waals surface area contributed by atoms with E-state index in [-0.39, 0.29) is 17.9 Å². The third-order valence-electron chi connectivity index (χ3n) is 4.70. The number of fused-ring (bicyclic) bond motifs is 1. The molecule has 3 atom stereocenters. The predicted octanol–water partition coefficient (Wildman–Crippen LogP) is 2.68. The molecule has 4 nitrogen and oxygen atoms in total. The molecule has 1 N–H and O–H groups in total. The molecule has 1 aliphatic heterocycles. The number of carboxylic acid groups (broad SMARTS) is 1. The van der Waals surface area contributed by atoms with Gasteiger partial charge in [0.15, 0.2) is 0 Å². The van der Waals surface area contributed by atoms with Crippen molar-refractivity contribution in [2.75, 3.05) is 0 Å². The van der Waals surface area contributed by atoms with E-state index < -0.39 is 17.8 Å². The molecule has 0 spiro atoms. The third-order valence-corrected chi connectivity index (χ3v) is 4.70. The highest BCUT2D eigenvalue weighted by Crippen LogP contribution is 2.40. The van der Waals surface area contributed by atoms with Gasteiger partial charge in [0.05, 0.1) is 0 Å². The molecule has 0 radical (unpaired) electrons. The quantitative estimate of drug-likeness (QED) is 0.911. The van der Waals surface area contributed by atoms with Gasteiger partial charge in [-0.1, -0.05) is 12.8 Å². The molecule has 1 aliphatic carbocycles. The number of hydrogen-bond acceptors (Lipinski definition) is 2. The molecule has 1 saturated heterocycles. The molecule has 1 aromatic rings. The fourth-order valence-electron chi connectivity index (χ4n) is 3.71. The summed E-state index contributed by atoms with van der Waals surface area (Å²) in [7, 11) is 0. The Hall–Kier alpha value is -1.91. The number of carbonyl (C=O) groups excluding carboxylic acids is 1. The largest absolute Gasteiger partial charge is 0.480 e. The van der Waals surface area contributed by atoms with Gasteiger partial charge in [-0.3, -0.25) is 4.79 Å². The first kappa shape index (κ1) is 14.0. The molecule has 112 valence electrons. The predicted molar refractivity (Wildman–Crippen MR) is 74.4 cm³/mol. The highest BCUT2D eigenvalue weighted by molar-refractivity contribution is 5.97. The number of carbonyl (C=O) groups is 2. The van der Waals surface area contributed by atoms with Gasteiger partial charge >= 0.3 is 5.97 Å². The van der Waals surface area contributed by atoms with Gasteiger partial charge in [-0.25, -0.2) is 9.18 Å². The van der Waals surface area contributed by atoms with Crippen molar-refractivity contribution in [3.05, 3.63) is 35.6 Å². The van der Waals surface area contributed by atoms with Crippen molar-refractivity contribution < 1.29 is 19.1 Å². The summed E-state index contributed by atoms with van der Waals surface area (Å²) in [5, 5.41) is 9.42. The molecule has 1 heterocycles. The van der Waals surface area contributed by atoms with Crippen molar-refractivity contribution in [3.8, 4) is 0 Å². The van der Waals surface area contributed by atoms with Crippen molar-refractivity contribution in [1.29, 1.82) is 0 Å². The topological polar surface area (TPSA) is 57.6 Å². The van der Waals surface area contributed by atoms with E-state index in [1.165, 1.54) is 29.2 Å². The van der Waals surface area contributed by atoms with Crippen LogP contribution in [0.15, 0.2) is 24.3 Å². The van der Waals surface area contributed by atoms with Gasteiger partial charge in [0.25, 0.3) is 5.91 Å². The van der Waals surface area contributed by atoms with Crippen LogP contribution >= 0.6 is 0 Å². The Morgan fingerprint density at radius 2 is 1.81 bits per heavy atom. The maximum Gasteiger partial charge on any atom is 0.326 e. The summed E-state index contributed by atoms with van der Waals surface area (Å²) in [6, 6.07) is 4.57. The van der Waals surface area contributed by atoms with Crippen molar-refractivity contribution in [1.82, 2.24) is 4.90 Å². The molecule has 2 fully saturated rings. The van der Waals surface area contributed by atoms with Crippen LogP contribution in [-0.4, -0.2) is 34.0 Å². The fourth-order valence-corrected chi connectivity index (χ4v) is 3.71. The lowest BCUT2D eigenvalue weighted by Crippen LogP contribution is -2.46. The molecule has 21 heavy (non-hydrogen) atoms. The van der Waals surface area contributed by atoms with Crippen molar-refractivity contribution >= 4 is 11.9 Å². The van der Waals surface area contributed by atoms with Gasteiger partial charge in [0, 0.05) is 11.6 Å². The van der Waals surface area contributed by atoms with Crippen LogP contribution in [0.4, 0.5) is 4.39 Å². The molecular formula is C16H18FNO3. The summed E-state index contributed by atoms with van der Waals surface area (Å²) in [4.78, 5) is 25.7. The molecule has 0 bridgehead atoms. The van der Waals surface area contributed by atoms with E-state index in [2.05, 4.69) is 0 Å². The number of hydrogen-bond donors (Lipinski definition) is 1. The molecule has 1 saturated carbocycles. The van der Waals surface area contributed by atoms with Crippen LogP contribution in [-0.2, 0) is 4.79 Å². The highest BCUT2D eigenvalue weighted by Gasteiger charge is 2.47. The van der Waals surface area contributed by atoms with Gasteiger partial charge < -0.3 is 10.0 Å². The van der Waals surface area contributed by atoms with E-state index in [4.69, 9.17) is 0 Å². The Morgan fingerprint density at radius 3 is 2.48 bits per heavy atom. The summed E-state index contributed by atoms with van der Waals surface area (Å²) < 4.78 is 13.0. The van der Waals surface area contributed by atoms with Crippen LogP contribution in [0.1, 0.15) is 42.5 Å². The number of rotatable bonds is 2. The Labute approximate surface area is 122 Å². The average molecular weight is 291 g/mol. The maximum absolute atomic E-state index is 13.0. The standard InChI is InChI=1S/C16H18FNO3/c17-12-7-5-10(6-8-12)15(19)18-13-4-2-1-3-11(13)9-14(18)16(20)21/h5-8,11,13-14H,1-4,9H2,(H,20,21)/t11-,13+,14+/m0/s1. The zero-order chi connectivity index (χ0) is 15.0. The molecule has 1 amide bonds. The average Bonchev–Trinajstić information content (AvgIpc) is 2.87. The van der Waals surface area contributed by atoms with E-state index in [9.17, 15) is 19.1 Å². The smallest absolute Gasteiger partial charge is 0.326 e. The SMILES string of the molecule is O=C(O)[C@H]1C[C@@H]2CCCC[C@H]2N1C(=O)c1ccc(F)cc1. The highest BCUT2D eigenvalue weighted by atomic mass is 19.1. The summed E-state index contributed by atoms with van der Waals surface area (Å²) in [5.74, 6) is -1.36. The fraction of sp³-hybridized carbons (Fsp3) is 0.500. The van der Waals surface area contributed by atoms with Crippen LogP contribution in [0.25, 0.3) is 0 Å². The molecule has 0 aromatic heterocycles.